The quantitative estimate of drug-likeness (QED) is 0.693. The van der Waals surface area contributed by atoms with Gasteiger partial charge < -0.3 is 10.1 Å². The molecule has 1 aromatic carbocycles. The van der Waals surface area contributed by atoms with Gasteiger partial charge in [-0.15, -0.1) is 0 Å². The minimum atomic E-state index is -0.959. The van der Waals surface area contributed by atoms with Crippen molar-refractivity contribution in [3.63, 3.8) is 0 Å². The summed E-state index contributed by atoms with van der Waals surface area (Å²) in [4.78, 5) is 12.9. The average molecular weight is 382 g/mol. The minimum Gasteiger partial charge on any atom is -0.480 e. The van der Waals surface area contributed by atoms with Crippen LogP contribution in [-0.2, 0) is 5.41 Å². The maximum absolute atomic E-state index is 14.3. The van der Waals surface area contributed by atoms with Crippen LogP contribution in [-0.4, -0.2) is 34.8 Å². The summed E-state index contributed by atoms with van der Waals surface area (Å²) >= 11 is 0. The van der Waals surface area contributed by atoms with E-state index in [1.165, 1.54) is 18.3 Å². The number of alkyl halides is 1. The zero-order chi connectivity index (χ0) is 19.6. The number of rotatable bonds is 6. The fourth-order valence-corrected chi connectivity index (χ4v) is 3.66. The van der Waals surface area contributed by atoms with Gasteiger partial charge in [0.05, 0.1) is 18.4 Å². The van der Waals surface area contributed by atoms with Gasteiger partial charge in [-0.25, -0.2) is 13.8 Å². The first-order valence-electron chi connectivity index (χ1n) is 9.07. The first-order chi connectivity index (χ1) is 13.6. The lowest BCUT2D eigenvalue weighted by Gasteiger charge is -2.43. The van der Waals surface area contributed by atoms with E-state index in [0.717, 1.165) is 11.1 Å². The van der Waals surface area contributed by atoms with Crippen molar-refractivity contribution in [1.29, 1.82) is 0 Å². The lowest BCUT2D eigenvalue weighted by molar-refractivity contribution is 0.0963. The highest BCUT2D eigenvalue weighted by Gasteiger charge is 2.48. The summed E-state index contributed by atoms with van der Waals surface area (Å²) in [5.41, 5.74) is 1.28. The lowest BCUT2D eigenvalue weighted by atomic mass is 9.65. The third-order valence-electron chi connectivity index (χ3n) is 5.10. The van der Waals surface area contributed by atoms with Crippen molar-refractivity contribution < 1.29 is 13.5 Å². The Bertz CT molecular complexity index is 962. The van der Waals surface area contributed by atoms with Crippen LogP contribution in [0.25, 0.3) is 11.1 Å². The number of halogens is 2. The van der Waals surface area contributed by atoms with Gasteiger partial charge in [-0.3, -0.25) is 4.98 Å². The topological polar surface area (TPSA) is 59.9 Å². The van der Waals surface area contributed by atoms with Crippen LogP contribution in [0.3, 0.4) is 0 Å². The zero-order valence-electron chi connectivity index (χ0n) is 15.4. The number of hydrogen-bond acceptors (Lipinski definition) is 5. The highest BCUT2D eigenvalue weighted by Crippen LogP contribution is 2.45. The summed E-state index contributed by atoms with van der Waals surface area (Å²) in [6, 6.07) is 12.6. The Hall–Kier alpha value is -3.09. The van der Waals surface area contributed by atoms with Gasteiger partial charge in [-0.2, -0.15) is 4.98 Å². The summed E-state index contributed by atoms with van der Waals surface area (Å²) < 4.78 is 33.3. The Morgan fingerprint density at radius 2 is 1.93 bits per heavy atom. The van der Waals surface area contributed by atoms with Gasteiger partial charge in [0.15, 0.2) is 0 Å². The molecule has 5 nitrogen and oxygen atoms in total. The molecule has 0 bridgehead atoms. The first kappa shape index (κ1) is 18.3. The van der Waals surface area contributed by atoms with Crippen molar-refractivity contribution in [2.45, 2.75) is 24.4 Å². The summed E-state index contributed by atoms with van der Waals surface area (Å²) in [6.45, 7) is 0.287. The molecule has 0 amide bonds. The van der Waals surface area contributed by atoms with Crippen molar-refractivity contribution >= 4 is 5.95 Å². The third kappa shape index (κ3) is 3.40. The average Bonchev–Trinajstić information content (AvgIpc) is 2.71. The van der Waals surface area contributed by atoms with E-state index in [1.54, 1.807) is 13.3 Å². The summed E-state index contributed by atoms with van der Waals surface area (Å²) in [5, 5.41) is 3.11. The largest absolute Gasteiger partial charge is 0.480 e. The van der Waals surface area contributed by atoms with Gasteiger partial charge in [0, 0.05) is 24.4 Å². The molecule has 1 aliphatic rings. The van der Waals surface area contributed by atoms with Crippen molar-refractivity contribution in [3.05, 3.63) is 66.4 Å². The van der Waals surface area contributed by atoms with Crippen LogP contribution >= 0.6 is 0 Å². The number of anilines is 1. The van der Waals surface area contributed by atoms with Crippen LogP contribution < -0.4 is 10.1 Å². The molecule has 1 saturated carbocycles. The number of methoxy groups -OCH3 is 1. The smallest absolute Gasteiger partial charge is 0.226 e. The lowest BCUT2D eigenvalue weighted by Crippen LogP contribution is -2.49. The second kappa shape index (κ2) is 7.50. The number of aromatic nitrogens is 3. The zero-order valence-corrected chi connectivity index (χ0v) is 15.4. The van der Waals surface area contributed by atoms with Crippen molar-refractivity contribution in [2.24, 2.45) is 0 Å². The molecule has 28 heavy (non-hydrogen) atoms. The molecule has 0 radical (unpaired) electrons. The van der Waals surface area contributed by atoms with Gasteiger partial charge in [0.2, 0.25) is 11.8 Å². The summed E-state index contributed by atoms with van der Waals surface area (Å²) in [7, 11) is 1.54. The van der Waals surface area contributed by atoms with E-state index < -0.39 is 17.4 Å². The molecule has 1 aliphatic carbocycles. The monoisotopic (exact) mass is 382 g/mol. The van der Waals surface area contributed by atoms with Gasteiger partial charge >= 0.3 is 0 Å². The molecule has 7 heteroatoms. The second-order valence-corrected chi connectivity index (χ2v) is 6.96. The SMILES string of the molecule is COc1nc(NC[C@]2(c3ncccc3F)C[C@@H](F)C2)ncc1-c1ccccc1. The van der Waals surface area contributed by atoms with E-state index in [-0.39, 0.29) is 25.1 Å². The molecule has 3 aromatic rings. The number of nitrogens with one attached hydrogen (secondary N) is 1. The number of ether oxygens (including phenoxy) is 1. The van der Waals surface area contributed by atoms with E-state index in [0.29, 0.717) is 11.8 Å². The van der Waals surface area contributed by atoms with Crippen LogP contribution in [0.4, 0.5) is 14.7 Å². The van der Waals surface area contributed by atoms with Gasteiger partial charge in [-0.1, -0.05) is 30.3 Å². The maximum atomic E-state index is 14.3. The van der Waals surface area contributed by atoms with Crippen molar-refractivity contribution in [2.75, 3.05) is 19.0 Å². The third-order valence-corrected chi connectivity index (χ3v) is 5.10. The molecule has 0 atom stereocenters. The van der Waals surface area contributed by atoms with Crippen LogP contribution in [0.5, 0.6) is 5.88 Å². The van der Waals surface area contributed by atoms with Crippen LogP contribution in [0.2, 0.25) is 0 Å². The van der Waals surface area contributed by atoms with Crippen molar-refractivity contribution in [1.82, 2.24) is 15.0 Å². The Morgan fingerprint density at radius 1 is 1.14 bits per heavy atom. The highest BCUT2D eigenvalue weighted by molar-refractivity contribution is 5.68. The molecule has 1 N–H and O–H groups in total. The van der Waals surface area contributed by atoms with E-state index in [4.69, 9.17) is 4.74 Å². The standard InChI is InChI=1S/C21H20F2N4O/c1-28-19-16(14-6-3-2-4-7-14)12-25-20(27-19)26-13-21(10-15(22)11-21)18-17(23)8-5-9-24-18/h2-9,12,15H,10-11,13H2,1H3,(H,25,26,27)/t15-,21+. The maximum Gasteiger partial charge on any atom is 0.226 e. The fourth-order valence-electron chi connectivity index (χ4n) is 3.66. The van der Waals surface area contributed by atoms with Crippen LogP contribution in [0.15, 0.2) is 54.9 Å². The predicted octanol–water partition coefficient (Wildman–Crippen LogP) is 4.17. The Morgan fingerprint density at radius 3 is 2.61 bits per heavy atom. The molecular weight excluding hydrogens is 362 g/mol. The predicted molar refractivity (Wildman–Crippen MR) is 103 cm³/mol. The number of benzene rings is 1. The van der Waals surface area contributed by atoms with E-state index in [9.17, 15) is 8.78 Å². The molecule has 1 fully saturated rings. The van der Waals surface area contributed by atoms with Gasteiger partial charge in [-0.05, 0) is 30.5 Å². The normalized spacial score (nSPS) is 21.0. The van der Waals surface area contributed by atoms with E-state index >= 15 is 0 Å². The van der Waals surface area contributed by atoms with E-state index in [1.807, 2.05) is 30.3 Å². The number of hydrogen-bond donors (Lipinski definition) is 1. The fraction of sp³-hybridized carbons (Fsp3) is 0.286. The molecule has 0 unspecified atom stereocenters. The van der Waals surface area contributed by atoms with Gasteiger partial charge in [0.1, 0.15) is 12.0 Å². The van der Waals surface area contributed by atoms with E-state index in [2.05, 4.69) is 20.3 Å². The van der Waals surface area contributed by atoms with Gasteiger partial charge in [0.25, 0.3) is 0 Å². The molecule has 144 valence electrons. The Labute approximate surface area is 161 Å². The van der Waals surface area contributed by atoms with Crippen LogP contribution in [0.1, 0.15) is 18.5 Å². The first-order valence-corrected chi connectivity index (χ1v) is 9.07. The molecule has 4 rings (SSSR count). The molecule has 0 spiro atoms. The summed E-state index contributed by atoms with van der Waals surface area (Å²) in [6.07, 6.45) is 2.68. The molecule has 2 aromatic heterocycles. The Kier molecular flexibility index (Phi) is 4.90. The highest BCUT2D eigenvalue weighted by atomic mass is 19.1. The second-order valence-electron chi connectivity index (χ2n) is 6.96. The number of pyridine rings is 1. The summed E-state index contributed by atoms with van der Waals surface area (Å²) in [5.74, 6) is 0.349. The molecule has 2 heterocycles. The number of nitrogens with zero attached hydrogens (tertiary/aromatic N) is 3. The minimum absolute atomic E-state index is 0.215. The van der Waals surface area contributed by atoms with Crippen LogP contribution in [0, 0.1) is 5.82 Å². The van der Waals surface area contributed by atoms with Crippen molar-refractivity contribution in [3.8, 4) is 17.0 Å². The molecule has 0 aliphatic heterocycles. The Balaban J connectivity index is 1.56. The molecule has 0 saturated heterocycles. The molecular formula is C21H20F2N4O.